The number of hydrogen-bond acceptors (Lipinski definition) is 5. The normalized spacial score (nSPS) is 10.1. The largest absolute Gasteiger partial charge is 0.305 e. The van der Waals surface area contributed by atoms with Crippen LogP contribution < -0.4 is 5.32 Å². The fourth-order valence-electron chi connectivity index (χ4n) is 1.38. The number of nitro groups is 1. The molecule has 1 N–H and O–H groups in total. The van der Waals surface area contributed by atoms with Gasteiger partial charge in [-0.1, -0.05) is 23.2 Å². The number of hydrogen-bond donors (Lipinski definition) is 1. The van der Waals surface area contributed by atoms with E-state index < -0.39 is 10.8 Å². The van der Waals surface area contributed by atoms with Crippen molar-refractivity contribution in [2.45, 2.75) is 0 Å². The fourth-order valence-corrected chi connectivity index (χ4v) is 1.71. The van der Waals surface area contributed by atoms with E-state index in [2.05, 4.69) is 15.5 Å². The zero-order valence-electron chi connectivity index (χ0n) is 9.71. The van der Waals surface area contributed by atoms with Crippen LogP contribution >= 0.6 is 23.2 Å². The van der Waals surface area contributed by atoms with E-state index >= 15 is 0 Å². The Morgan fingerprint density at radius 1 is 1.20 bits per heavy atom. The van der Waals surface area contributed by atoms with Crippen LogP contribution in [0.3, 0.4) is 0 Å². The van der Waals surface area contributed by atoms with E-state index in [0.29, 0.717) is 0 Å². The van der Waals surface area contributed by atoms with Crippen LogP contribution in [0.5, 0.6) is 0 Å². The summed E-state index contributed by atoms with van der Waals surface area (Å²) in [6.07, 6.45) is 0. The molecule has 1 aromatic heterocycles. The third-order valence-corrected chi connectivity index (χ3v) is 2.65. The van der Waals surface area contributed by atoms with Gasteiger partial charge in [-0.3, -0.25) is 14.9 Å². The Kier molecular flexibility index (Phi) is 4.11. The van der Waals surface area contributed by atoms with Gasteiger partial charge in [-0.05, 0) is 18.2 Å². The van der Waals surface area contributed by atoms with Crippen LogP contribution in [0.15, 0.2) is 30.3 Å². The van der Waals surface area contributed by atoms with E-state index in [0.717, 1.165) is 12.1 Å². The number of nitrogens with one attached hydrogen (secondary N) is 1. The Labute approximate surface area is 122 Å². The summed E-state index contributed by atoms with van der Waals surface area (Å²) in [5, 5.41) is 20.6. The van der Waals surface area contributed by atoms with Gasteiger partial charge in [-0.25, -0.2) is 0 Å². The topological polar surface area (TPSA) is 98.0 Å². The predicted molar refractivity (Wildman–Crippen MR) is 73.1 cm³/mol. The fraction of sp³-hybridized carbons (Fsp3) is 0. The summed E-state index contributed by atoms with van der Waals surface area (Å²) in [6, 6.07) is 6.48. The maximum absolute atomic E-state index is 11.9. The number of rotatable bonds is 3. The van der Waals surface area contributed by atoms with Gasteiger partial charge >= 0.3 is 0 Å². The lowest BCUT2D eigenvalue weighted by atomic mass is 10.2. The zero-order valence-corrected chi connectivity index (χ0v) is 11.2. The van der Waals surface area contributed by atoms with Crippen LogP contribution in [0, 0.1) is 10.1 Å². The predicted octanol–water partition coefficient (Wildman–Crippen LogP) is 2.94. The molecule has 7 nitrogen and oxygen atoms in total. The molecule has 2 rings (SSSR count). The smallest absolute Gasteiger partial charge is 0.271 e. The summed E-state index contributed by atoms with van der Waals surface area (Å²) in [6.45, 7) is 0. The molecule has 0 radical (unpaired) electrons. The van der Waals surface area contributed by atoms with Crippen molar-refractivity contribution in [1.29, 1.82) is 0 Å². The molecular weight excluding hydrogens is 307 g/mol. The van der Waals surface area contributed by atoms with Gasteiger partial charge in [0.1, 0.15) is 0 Å². The number of nitro benzene ring substituents is 1. The van der Waals surface area contributed by atoms with Crippen LogP contribution in [0.4, 0.5) is 11.5 Å². The molecule has 2 aromatic rings. The highest BCUT2D eigenvalue weighted by atomic mass is 35.5. The highest BCUT2D eigenvalue weighted by Crippen LogP contribution is 2.21. The summed E-state index contributed by atoms with van der Waals surface area (Å²) in [5.74, 6) is -0.422. The molecule has 0 aliphatic rings. The van der Waals surface area contributed by atoms with Gasteiger partial charge < -0.3 is 5.32 Å². The average molecular weight is 313 g/mol. The zero-order chi connectivity index (χ0) is 14.7. The third kappa shape index (κ3) is 3.40. The lowest BCUT2D eigenvalue weighted by Crippen LogP contribution is -2.13. The van der Waals surface area contributed by atoms with E-state index in [1.165, 1.54) is 18.2 Å². The third-order valence-electron chi connectivity index (χ3n) is 2.23. The number of non-ortho nitro benzene ring substituents is 1. The van der Waals surface area contributed by atoms with Crippen molar-refractivity contribution in [2.24, 2.45) is 0 Å². The highest BCUT2D eigenvalue weighted by Gasteiger charge is 2.14. The first-order valence-corrected chi connectivity index (χ1v) is 5.97. The first kappa shape index (κ1) is 14.2. The molecule has 0 fully saturated rings. The maximum Gasteiger partial charge on any atom is 0.271 e. The first-order valence-electron chi connectivity index (χ1n) is 5.21. The number of nitrogens with zero attached hydrogens (tertiary/aromatic N) is 3. The quantitative estimate of drug-likeness (QED) is 0.694. The van der Waals surface area contributed by atoms with Crippen molar-refractivity contribution in [3.05, 3.63) is 56.2 Å². The summed E-state index contributed by atoms with van der Waals surface area (Å²) < 4.78 is 0. The molecule has 1 amide bonds. The summed E-state index contributed by atoms with van der Waals surface area (Å²) >= 11 is 11.3. The molecule has 9 heteroatoms. The highest BCUT2D eigenvalue weighted by molar-refractivity contribution is 6.31. The number of carbonyl (C=O) groups excluding carboxylic acids is 1. The molecule has 0 saturated carbocycles. The van der Waals surface area contributed by atoms with E-state index in [9.17, 15) is 14.9 Å². The molecule has 0 aliphatic carbocycles. The summed E-state index contributed by atoms with van der Waals surface area (Å²) in [5.41, 5.74) is -0.231. The SMILES string of the molecule is O=C(Nc1ccc(Cl)nn1)c1cc(Cl)cc([N+](=O)[O-])c1. The van der Waals surface area contributed by atoms with Gasteiger partial charge in [0.25, 0.3) is 11.6 Å². The van der Waals surface area contributed by atoms with Gasteiger partial charge in [0.05, 0.1) is 4.92 Å². The number of benzene rings is 1. The van der Waals surface area contributed by atoms with Crippen molar-refractivity contribution in [3.8, 4) is 0 Å². The maximum atomic E-state index is 11.9. The number of aromatic nitrogens is 2. The van der Waals surface area contributed by atoms with E-state index in [1.54, 1.807) is 0 Å². The molecular formula is C11H6Cl2N4O3. The molecule has 0 spiro atoms. The summed E-state index contributed by atoms with van der Waals surface area (Å²) in [7, 11) is 0. The number of amides is 1. The van der Waals surface area contributed by atoms with Crippen LogP contribution in [-0.2, 0) is 0 Å². The van der Waals surface area contributed by atoms with Gasteiger partial charge in [0.2, 0.25) is 0 Å². The summed E-state index contributed by atoms with van der Waals surface area (Å²) in [4.78, 5) is 22.0. The van der Waals surface area contributed by atoms with Crippen molar-refractivity contribution >= 4 is 40.6 Å². The Balaban J connectivity index is 2.25. The molecule has 1 heterocycles. The minimum Gasteiger partial charge on any atom is -0.305 e. The minimum atomic E-state index is -0.634. The van der Waals surface area contributed by atoms with Gasteiger partial charge in [-0.2, -0.15) is 0 Å². The standard InChI is InChI=1S/C11H6Cl2N4O3/c12-7-3-6(4-8(5-7)17(19)20)11(18)14-10-2-1-9(13)15-16-10/h1-5H,(H,14,16,18). The molecule has 102 valence electrons. The van der Waals surface area contributed by atoms with Crippen LogP contribution in [0.25, 0.3) is 0 Å². The monoisotopic (exact) mass is 312 g/mol. The number of anilines is 1. The van der Waals surface area contributed by atoms with Gasteiger partial charge in [-0.15, -0.1) is 10.2 Å². The van der Waals surface area contributed by atoms with Crippen molar-refractivity contribution in [1.82, 2.24) is 10.2 Å². The second-order valence-corrected chi connectivity index (χ2v) is 4.47. The van der Waals surface area contributed by atoms with Crippen LogP contribution in [0.2, 0.25) is 10.2 Å². The van der Waals surface area contributed by atoms with E-state index in [-0.39, 0.29) is 27.2 Å². The van der Waals surface area contributed by atoms with Gasteiger partial charge in [0, 0.05) is 22.7 Å². The Bertz CT molecular complexity index is 676. The Hall–Kier alpha value is -2.25. The molecule has 1 aromatic carbocycles. The van der Waals surface area contributed by atoms with Crippen LogP contribution in [0.1, 0.15) is 10.4 Å². The molecule has 0 saturated heterocycles. The second-order valence-electron chi connectivity index (χ2n) is 3.65. The lowest BCUT2D eigenvalue weighted by Gasteiger charge is -2.04. The molecule has 0 bridgehead atoms. The van der Waals surface area contributed by atoms with Crippen molar-refractivity contribution in [2.75, 3.05) is 5.32 Å². The Morgan fingerprint density at radius 2 is 1.95 bits per heavy atom. The minimum absolute atomic E-state index is 0.0425. The second kappa shape index (κ2) is 5.81. The molecule has 0 unspecified atom stereocenters. The molecule has 0 aliphatic heterocycles. The lowest BCUT2D eigenvalue weighted by molar-refractivity contribution is -0.384. The average Bonchev–Trinajstić information content (AvgIpc) is 2.40. The Morgan fingerprint density at radius 3 is 2.55 bits per heavy atom. The van der Waals surface area contributed by atoms with E-state index in [1.807, 2.05) is 0 Å². The van der Waals surface area contributed by atoms with E-state index in [4.69, 9.17) is 23.2 Å². The van der Waals surface area contributed by atoms with Gasteiger partial charge in [0.15, 0.2) is 11.0 Å². The first-order chi connectivity index (χ1) is 9.45. The number of halogens is 2. The molecule has 0 atom stereocenters. The van der Waals surface area contributed by atoms with Crippen LogP contribution in [-0.4, -0.2) is 21.0 Å². The molecule has 20 heavy (non-hydrogen) atoms. The number of carbonyl (C=O) groups is 1. The van der Waals surface area contributed by atoms with Crippen molar-refractivity contribution < 1.29 is 9.72 Å². The van der Waals surface area contributed by atoms with Crippen molar-refractivity contribution in [3.63, 3.8) is 0 Å².